The second-order valence-corrected chi connectivity index (χ2v) is 3.48. The van der Waals surface area contributed by atoms with Crippen LogP contribution < -0.4 is 0 Å². The number of unbranched alkanes of at least 4 members (excludes halogenated alkanes) is 1. The Balaban J connectivity index is 4.92. The molecule has 0 saturated heterocycles. The largest absolute Gasteiger partial charge is 0.478 e. The van der Waals surface area contributed by atoms with Crippen molar-refractivity contribution in [1.29, 1.82) is 5.26 Å². The summed E-state index contributed by atoms with van der Waals surface area (Å²) >= 11 is 0. The molecule has 5 heteroatoms. The molecule has 0 spiro atoms. The Hall–Kier alpha value is -1.83. The number of carboxylic acid groups (broad SMARTS) is 1. The number of hydrogen-bond acceptors (Lipinski definition) is 3. The smallest absolute Gasteiger partial charge is 0.333 e. The molecule has 0 aliphatic heterocycles. The quantitative estimate of drug-likeness (QED) is 0.421. The van der Waals surface area contributed by atoms with Gasteiger partial charge in [0.25, 0.3) is 0 Å². The lowest BCUT2D eigenvalue weighted by atomic mass is 10.0. The fourth-order valence-electron chi connectivity index (χ4n) is 1.36. The second kappa shape index (κ2) is 6.62. The van der Waals surface area contributed by atoms with Crippen molar-refractivity contribution in [2.45, 2.75) is 39.2 Å². The molecule has 0 aromatic heterocycles. The van der Waals surface area contributed by atoms with Crippen molar-refractivity contribution in [2.24, 2.45) is 0 Å². The number of carboxylic acids is 1. The van der Waals surface area contributed by atoms with Crippen LogP contribution in [0.4, 0.5) is 0 Å². The monoisotopic (exact) mass is 224 g/mol. The summed E-state index contributed by atoms with van der Waals surface area (Å²) in [5.74, 6) is -1.64. The van der Waals surface area contributed by atoms with Gasteiger partial charge in [-0.05, 0) is 6.42 Å². The highest BCUT2D eigenvalue weighted by Gasteiger charge is 2.26. The number of aliphatic carboxylic acids is 1. The lowest BCUT2D eigenvalue weighted by Crippen LogP contribution is -2.38. The standard InChI is InChI=1S/C11H16N2O3/c1-4-5-6-10(8(2)11(15)16)13(7-12)9(3)14/h10H,2,4-6H2,1,3H3,(H,15,16). The van der Waals surface area contributed by atoms with Gasteiger partial charge in [0.1, 0.15) is 0 Å². The van der Waals surface area contributed by atoms with Crippen molar-refractivity contribution in [3.63, 3.8) is 0 Å². The van der Waals surface area contributed by atoms with Gasteiger partial charge in [-0.15, -0.1) is 0 Å². The van der Waals surface area contributed by atoms with Crippen LogP contribution in [0.3, 0.4) is 0 Å². The Kier molecular flexibility index (Phi) is 5.86. The van der Waals surface area contributed by atoms with Crippen LogP contribution in [0, 0.1) is 11.5 Å². The minimum atomic E-state index is -1.18. The maximum atomic E-state index is 11.2. The van der Waals surface area contributed by atoms with Gasteiger partial charge in [-0.2, -0.15) is 5.26 Å². The van der Waals surface area contributed by atoms with E-state index in [2.05, 4.69) is 6.58 Å². The number of hydrogen-bond donors (Lipinski definition) is 1. The highest BCUT2D eigenvalue weighted by Crippen LogP contribution is 2.16. The van der Waals surface area contributed by atoms with E-state index in [1.165, 1.54) is 6.92 Å². The molecule has 1 unspecified atom stereocenters. The SMILES string of the molecule is C=C(C(=O)O)C(CCCC)N(C#N)C(C)=O. The van der Waals surface area contributed by atoms with Gasteiger partial charge in [-0.3, -0.25) is 4.79 Å². The summed E-state index contributed by atoms with van der Waals surface area (Å²) in [6.45, 7) is 6.60. The Morgan fingerprint density at radius 2 is 2.12 bits per heavy atom. The molecule has 0 saturated carbocycles. The van der Waals surface area contributed by atoms with Gasteiger partial charge in [0.15, 0.2) is 6.19 Å². The molecule has 0 aliphatic rings. The van der Waals surface area contributed by atoms with Crippen molar-refractivity contribution in [3.8, 4) is 6.19 Å². The van der Waals surface area contributed by atoms with Crippen LogP contribution in [0.1, 0.15) is 33.1 Å². The molecule has 1 atom stereocenters. The molecule has 0 aliphatic carbocycles. The Morgan fingerprint density at radius 3 is 2.44 bits per heavy atom. The summed E-state index contributed by atoms with van der Waals surface area (Å²) in [7, 11) is 0. The van der Waals surface area contributed by atoms with Crippen molar-refractivity contribution in [2.75, 3.05) is 0 Å². The number of nitriles is 1. The lowest BCUT2D eigenvalue weighted by molar-refractivity contribution is -0.134. The third kappa shape index (κ3) is 3.73. The molecule has 0 rings (SSSR count). The Morgan fingerprint density at radius 1 is 1.56 bits per heavy atom. The molecule has 0 fully saturated rings. The average molecular weight is 224 g/mol. The zero-order valence-corrected chi connectivity index (χ0v) is 9.56. The normalized spacial score (nSPS) is 11.3. The van der Waals surface area contributed by atoms with E-state index in [1.54, 1.807) is 6.19 Å². The first-order valence-electron chi connectivity index (χ1n) is 5.07. The van der Waals surface area contributed by atoms with Crippen LogP contribution in [0.2, 0.25) is 0 Å². The van der Waals surface area contributed by atoms with Crippen LogP contribution in [0.15, 0.2) is 12.2 Å². The number of rotatable bonds is 6. The Bertz CT molecular complexity index is 331. The molecular formula is C11H16N2O3. The third-order valence-corrected chi connectivity index (χ3v) is 2.27. The molecule has 0 bridgehead atoms. The fraction of sp³-hybridized carbons (Fsp3) is 0.545. The second-order valence-electron chi connectivity index (χ2n) is 3.48. The van der Waals surface area contributed by atoms with Gasteiger partial charge in [-0.1, -0.05) is 26.3 Å². The molecular weight excluding hydrogens is 208 g/mol. The van der Waals surface area contributed by atoms with E-state index in [0.717, 1.165) is 17.7 Å². The van der Waals surface area contributed by atoms with E-state index in [9.17, 15) is 9.59 Å². The van der Waals surface area contributed by atoms with Gasteiger partial charge in [-0.25, -0.2) is 9.69 Å². The minimum absolute atomic E-state index is 0.120. The van der Waals surface area contributed by atoms with E-state index >= 15 is 0 Å². The molecule has 0 heterocycles. The number of amides is 1. The molecule has 1 N–H and O–H groups in total. The van der Waals surface area contributed by atoms with Gasteiger partial charge >= 0.3 is 5.97 Å². The topological polar surface area (TPSA) is 81.4 Å². The summed E-state index contributed by atoms with van der Waals surface area (Å²) < 4.78 is 0. The highest BCUT2D eigenvalue weighted by atomic mass is 16.4. The van der Waals surface area contributed by atoms with Gasteiger partial charge in [0, 0.05) is 6.92 Å². The Labute approximate surface area is 95.0 Å². The molecule has 5 nitrogen and oxygen atoms in total. The number of carbonyl (C=O) groups excluding carboxylic acids is 1. The van der Waals surface area contributed by atoms with Crippen LogP contribution in [0.5, 0.6) is 0 Å². The summed E-state index contributed by atoms with van der Waals surface area (Å²) in [6, 6.07) is -0.736. The van der Waals surface area contributed by atoms with E-state index in [1.807, 2.05) is 6.92 Å². The first-order chi connectivity index (χ1) is 7.45. The maximum Gasteiger partial charge on any atom is 0.333 e. The van der Waals surface area contributed by atoms with Crippen molar-refractivity contribution in [1.82, 2.24) is 4.90 Å². The minimum Gasteiger partial charge on any atom is -0.478 e. The zero-order chi connectivity index (χ0) is 12.7. The number of carbonyl (C=O) groups is 2. The van der Waals surface area contributed by atoms with Crippen LogP contribution in [-0.2, 0) is 9.59 Å². The van der Waals surface area contributed by atoms with Crippen LogP contribution in [0.25, 0.3) is 0 Å². The molecule has 88 valence electrons. The lowest BCUT2D eigenvalue weighted by Gasteiger charge is -2.24. The molecule has 0 radical (unpaired) electrons. The van der Waals surface area contributed by atoms with E-state index in [-0.39, 0.29) is 5.57 Å². The van der Waals surface area contributed by atoms with Crippen molar-refractivity contribution >= 4 is 11.9 Å². The number of nitrogens with zero attached hydrogens (tertiary/aromatic N) is 2. The first kappa shape index (κ1) is 14.2. The average Bonchev–Trinajstić information content (AvgIpc) is 2.22. The van der Waals surface area contributed by atoms with Crippen LogP contribution >= 0.6 is 0 Å². The van der Waals surface area contributed by atoms with E-state index in [4.69, 9.17) is 10.4 Å². The molecule has 1 amide bonds. The zero-order valence-electron chi connectivity index (χ0n) is 9.56. The summed E-state index contributed by atoms with van der Waals surface area (Å²) in [5.41, 5.74) is -0.120. The van der Waals surface area contributed by atoms with Gasteiger partial charge in [0.05, 0.1) is 11.6 Å². The van der Waals surface area contributed by atoms with E-state index < -0.39 is 17.9 Å². The van der Waals surface area contributed by atoms with Gasteiger partial charge in [0.2, 0.25) is 5.91 Å². The van der Waals surface area contributed by atoms with E-state index in [0.29, 0.717) is 6.42 Å². The molecule has 0 aromatic carbocycles. The first-order valence-corrected chi connectivity index (χ1v) is 5.07. The van der Waals surface area contributed by atoms with Crippen molar-refractivity contribution < 1.29 is 14.7 Å². The van der Waals surface area contributed by atoms with Gasteiger partial charge < -0.3 is 5.11 Å². The maximum absolute atomic E-state index is 11.2. The summed E-state index contributed by atoms with van der Waals surface area (Å²) in [6.07, 6.45) is 3.75. The predicted octanol–water partition coefficient (Wildman–Crippen LogP) is 1.52. The van der Waals surface area contributed by atoms with Crippen molar-refractivity contribution in [3.05, 3.63) is 12.2 Å². The molecule has 0 aromatic rings. The van der Waals surface area contributed by atoms with Crippen LogP contribution in [-0.4, -0.2) is 27.9 Å². The summed E-state index contributed by atoms with van der Waals surface area (Å²) in [4.78, 5) is 22.8. The predicted molar refractivity (Wildman–Crippen MR) is 58.2 cm³/mol. The fourth-order valence-corrected chi connectivity index (χ4v) is 1.36. The summed E-state index contributed by atoms with van der Waals surface area (Å²) in [5, 5.41) is 17.6. The highest BCUT2D eigenvalue weighted by molar-refractivity contribution is 5.88. The third-order valence-electron chi connectivity index (χ3n) is 2.27. The molecule has 16 heavy (non-hydrogen) atoms.